The van der Waals surface area contributed by atoms with Gasteiger partial charge in [0.25, 0.3) is 5.91 Å². The van der Waals surface area contributed by atoms with Gasteiger partial charge in [-0.2, -0.15) is 5.26 Å². The fourth-order valence-electron chi connectivity index (χ4n) is 3.81. The zero-order chi connectivity index (χ0) is 18.1. The van der Waals surface area contributed by atoms with Crippen molar-refractivity contribution < 1.29 is 4.79 Å². The van der Waals surface area contributed by atoms with E-state index in [9.17, 15) is 4.79 Å². The molecule has 4 rings (SSSR count). The summed E-state index contributed by atoms with van der Waals surface area (Å²) in [5, 5.41) is 8.94. The van der Waals surface area contributed by atoms with E-state index in [0.717, 1.165) is 42.8 Å². The molecule has 5 nitrogen and oxygen atoms in total. The van der Waals surface area contributed by atoms with E-state index < -0.39 is 0 Å². The Morgan fingerprint density at radius 3 is 2.73 bits per heavy atom. The summed E-state index contributed by atoms with van der Waals surface area (Å²) in [4.78, 5) is 19.8. The van der Waals surface area contributed by atoms with Crippen molar-refractivity contribution in [3.8, 4) is 6.07 Å². The van der Waals surface area contributed by atoms with Crippen LogP contribution in [0, 0.1) is 11.3 Å². The number of hydrogen-bond acceptors (Lipinski definition) is 3. The highest BCUT2D eigenvalue weighted by Crippen LogP contribution is 2.34. The number of fused-ring (bicyclic) bond motifs is 1. The Kier molecular flexibility index (Phi) is 4.18. The second-order valence-electron chi connectivity index (χ2n) is 6.55. The molecule has 1 aliphatic rings. The van der Waals surface area contributed by atoms with E-state index in [-0.39, 0.29) is 11.9 Å². The number of rotatable bonds is 3. The number of para-hydroxylation sites is 2. The van der Waals surface area contributed by atoms with Crippen molar-refractivity contribution in [3.05, 3.63) is 65.5 Å². The van der Waals surface area contributed by atoms with Gasteiger partial charge in [0.1, 0.15) is 5.82 Å². The van der Waals surface area contributed by atoms with E-state index >= 15 is 0 Å². The van der Waals surface area contributed by atoms with Crippen molar-refractivity contribution in [2.75, 3.05) is 6.54 Å². The minimum atomic E-state index is -0.00880. The first-order valence-electron chi connectivity index (χ1n) is 8.99. The van der Waals surface area contributed by atoms with Crippen LogP contribution in [0.25, 0.3) is 11.0 Å². The molecular formula is C21H20N4O. The fraction of sp³-hybridized carbons (Fsp3) is 0.286. The maximum Gasteiger partial charge on any atom is 0.254 e. The number of amides is 1. The van der Waals surface area contributed by atoms with Gasteiger partial charge in [-0.15, -0.1) is 0 Å². The highest BCUT2D eigenvalue weighted by atomic mass is 16.2. The Bertz CT molecular complexity index is 997. The molecule has 0 aliphatic carbocycles. The SMILES string of the molecule is CCn1c([C@H]2CCCN2C(=O)c2ccc(C#N)cc2)nc2ccccc21. The maximum atomic E-state index is 13.1. The summed E-state index contributed by atoms with van der Waals surface area (Å²) >= 11 is 0. The van der Waals surface area contributed by atoms with Gasteiger partial charge in [0.05, 0.1) is 28.7 Å². The number of carbonyl (C=O) groups excluding carboxylic acids is 1. The van der Waals surface area contributed by atoms with E-state index in [0.29, 0.717) is 11.1 Å². The van der Waals surface area contributed by atoms with Crippen LogP contribution in [0.5, 0.6) is 0 Å². The van der Waals surface area contributed by atoms with E-state index in [2.05, 4.69) is 23.6 Å². The predicted octanol–water partition coefficient (Wildman–Crippen LogP) is 3.91. The maximum absolute atomic E-state index is 13.1. The molecule has 0 N–H and O–H groups in total. The van der Waals surface area contributed by atoms with Gasteiger partial charge in [-0.3, -0.25) is 4.79 Å². The minimum absolute atomic E-state index is 0.00620. The lowest BCUT2D eigenvalue weighted by molar-refractivity contribution is 0.0728. The third kappa shape index (κ3) is 2.64. The fourth-order valence-corrected chi connectivity index (χ4v) is 3.81. The van der Waals surface area contributed by atoms with Gasteiger partial charge in [0.15, 0.2) is 0 Å². The molecule has 2 aromatic carbocycles. The molecule has 3 aromatic rings. The van der Waals surface area contributed by atoms with Crippen LogP contribution in [0.15, 0.2) is 48.5 Å². The lowest BCUT2D eigenvalue weighted by Gasteiger charge is -2.25. The van der Waals surface area contributed by atoms with Crippen LogP contribution in [0.1, 0.15) is 47.6 Å². The number of hydrogen-bond donors (Lipinski definition) is 0. The number of benzene rings is 2. The zero-order valence-electron chi connectivity index (χ0n) is 14.7. The van der Waals surface area contributed by atoms with E-state index in [1.54, 1.807) is 24.3 Å². The molecule has 5 heteroatoms. The largest absolute Gasteiger partial charge is 0.328 e. The molecule has 130 valence electrons. The Morgan fingerprint density at radius 1 is 1.23 bits per heavy atom. The van der Waals surface area contributed by atoms with Gasteiger partial charge < -0.3 is 9.47 Å². The third-order valence-electron chi connectivity index (χ3n) is 5.07. The first-order valence-corrected chi connectivity index (χ1v) is 8.99. The van der Waals surface area contributed by atoms with E-state index in [1.165, 1.54) is 0 Å². The van der Waals surface area contributed by atoms with Crippen molar-refractivity contribution >= 4 is 16.9 Å². The number of nitrogens with zero attached hydrogens (tertiary/aromatic N) is 4. The average molecular weight is 344 g/mol. The van der Waals surface area contributed by atoms with Crippen LogP contribution in [-0.4, -0.2) is 26.9 Å². The molecule has 2 heterocycles. The Balaban J connectivity index is 1.70. The van der Waals surface area contributed by atoms with Gasteiger partial charge in [0.2, 0.25) is 0 Å². The van der Waals surface area contributed by atoms with Crippen LogP contribution < -0.4 is 0 Å². The smallest absolute Gasteiger partial charge is 0.254 e. The molecule has 0 spiro atoms. The summed E-state index contributed by atoms with van der Waals surface area (Å²) < 4.78 is 2.21. The second kappa shape index (κ2) is 6.64. The molecule has 1 atom stereocenters. The first kappa shape index (κ1) is 16.3. The molecule has 0 bridgehead atoms. The molecular weight excluding hydrogens is 324 g/mol. The molecule has 1 saturated heterocycles. The normalized spacial score (nSPS) is 16.8. The van der Waals surface area contributed by atoms with Crippen LogP contribution in [0.4, 0.5) is 0 Å². The summed E-state index contributed by atoms with van der Waals surface area (Å²) in [7, 11) is 0. The number of aryl methyl sites for hydroxylation is 1. The van der Waals surface area contributed by atoms with Gasteiger partial charge >= 0.3 is 0 Å². The monoisotopic (exact) mass is 344 g/mol. The first-order chi connectivity index (χ1) is 12.7. The zero-order valence-corrected chi connectivity index (χ0v) is 14.7. The highest BCUT2D eigenvalue weighted by molar-refractivity contribution is 5.94. The van der Waals surface area contributed by atoms with Gasteiger partial charge in [-0.25, -0.2) is 4.98 Å². The molecule has 26 heavy (non-hydrogen) atoms. The van der Waals surface area contributed by atoms with E-state index in [1.807, 2.05) is 23.1 Å². The number of carbonyl (C=O) groups is 1. The summed E-state index contributed by atoms with van der Waals surface area (Å²) in [6.45, 7) is 3.67. The van der Waals surface area contributed by atoms with Crippen LogP contribution in [-0.2, 0) is 6.54 Å². The van der Waals surface area contributed by atoms with Gasteiger partial charge in [0, 0.05) is 18.7 Å². The molecule has 1 amide bonds. The Labute approximate surface area is 152 Å². The van der Waals surface area contributed by atoms with Gasteiger partial charge in [-0.05, 0) is 56.2 Å². The standard InChI is InChI=1S/C21H20N4O/c1-2-24-18-7-4-3-6-17(18)23-20(24)19-8-5-13-25(19)21(26)16-11-9-15(14-22)10-12-16/h3-4,6-7,9-12,19H,2,5,8,13H2,1H3/t19-/m1/s1. The van der Waals surface area contributed by atoms with Crippen LogP contribution >= 0.6 is 0 Å². The number of aromatic nitrogens is 2. The second-order valence-corrected chi connectivity index (χ2v) is 6.55. The summed E-state index contributed by atoms with van der Waals surface area (Å²) in [6, 6.07) is 17.1. The van der Waals surface area contributed by atoms with Crippen molar-refractivity contribution in [1.82, 2.24) is 14.5 Å². The number of nitriles is 1. The summed E-state index contributed by atoms with van der Waals surface area (Å²) in [6.07, 6.45) is 1.89. The van der Waals surface area contributed by atoms with Crippen molar-refractivity contribution in [3.63, 3.8) is 0 Å². The summed E-state index contributed by atoms with van der Waals surface area (Å²) in [5.41, 5.74) is 3.27. The molecule has 1 aromatic heterocycles. The molecule has 0 unspecified atom stereocenters. The minimum Gasteiger partial charge on any atom is -0.328 e. The van der Waals surface area contributed by atoms with Crippen LogP contribution in [0.3, 0.4) is 0 Å². The quantitative estimate of drug-likeness (QED) is 0.724. The third-order valence-corrected chi connectivity index (χ3v) is 5.07. The highest BCUT2D eigenvalue weighted by Gasteiger charge is 2.34. The molecule has 1 aliphatic heterocycles. The van der Waals surface area contributed by atoms with E-state index in [4.69, 9.17) is 10.2 Å². The Hall–Kier alpha value is -3.13. The topological polar surface area (TPSA) is 61.9 Å². The summed E-state index contributed by atoms with van der Waals surface area (Å²) in [5.74, 6) is 0.972. The molecule has 0 radical (unpaired) electrons. The number of likely N-dealkylation sites (tertiary alicyclic amines) is 1. The molecule has 1 fully saturated rings. The number of imidazole rings is 1. The van der Waals surface area contributed by atoms with Crippen molar-refractivity contribution in [1.29, 1.82) is 5.26 Å². The lowest BCUT2D eigenvalue weighted by atomic mass is 10.1. The van der Waals surface area contributed by atoms with Crippen LogP contribution in [0.2, 0.25) is 0 Å². The average Bonchev–Trinajstić information content (AvgIpc) is 3.31. The van der Waals surface area contributed by atoms with Gasteiger partial charge in [-0.1, -0.05) is 12.1 Å². The Morgan fingerprint density at radius 2 is 2.00 bits per heavy atom. The predicted molar refractivity (Wildman–Crippen MR) is 99.6 cm³/mol. The molecule has 0 saturated carbocycles. The van der Waals surface area contributed by atoms with Crippen molar-refractivity contribution in [2.24, 2.45) is 0 Å². The lowest BCUT2D eigenvalue weighted by Crippen LogP contribution is -2.32. The van der Waals surface area contributed by atoms with Crippen molar-refractivity contribution in [2.45, 2.75) is 32.4 Å².